The molecule has 1 aliphatic rings. The van der Waals surface area contributed by atoms with Gasteiger partial charge in [-0.05, 0) is 84.6 Å². The van der Waals surface area contributed by atoms with E-state index in [4.69, 9.17) is 0 Å². The van der Waals surface area contributed by atoms with E-state index in [-0.39, 0.29) is 29.9 Å². The van der Waals surface area contributed by atoms with Crippen LogP contribution in [0.15, 0.2) is 76.9 Å². The van der Waals surface area contributed by atoms with Crippen LogP contribution in [-0.4, -0.2) is 22.5 Å². The minimum absolute atomic E-state index is 0.0751. The molecule has 1 atom stereocenters. The lowest BCUT2D eigenvalue weighted by atomic mass is 9.63. The van der Waals surface area contributed by atoms with Crippen LogP contribution in [0.1, 0.15) is 66.4 Å². The summed E-state index contributed by atoms with van der Waals surface area (Å²) in [6.07, 6.45) is 11.4. The number of benzene rings is 1. The van der Waals surface area contributed by atoms with E-state index in [0.29, 0.717) is 6.42 Å². The van der Waals surface area contributed by atoms with Gasteiger partial charge in [-0.25, -0.2) is 0 Å². The Bertz CT molecular complexity index is 1060. The molecular weight excluding hydrogens is 424 g/mol. The number of Topliss-reactive ketones (excluding diaryl/α,β-unsaturated/α-hetero) is 2. The first-order valence-electron chi connectivity index (χ1n) is 11.7. The topological polar surface area (TPSA) is 71.4 Å². The van der Waals surface area contributed by atoms with Gasteiger partial charge in [0.2, 0.25) is 0 Å². The summed E-state index contributed by atoms with van der Waals surface area (Å²) >= 11 is 0. The molecule has 0 amide bonds. The van der Waals surface area contributed by atoms with E-state index in [9.17, 15) is 19.5 Å². The number of aromatic hydroxyl groups is 1. The lowest BCUT2D eigenvalue weighted by molar-refractivity contribution is -0.142. The highest BCUT2D eigenvalue weighted by molar-refractivity contribution is 6.32. The summed E-state index contributed by atoms with van der Waals surface area (Å²) in [4.78, 5) is 40.8. The molecule has 1 N–H and O–H groups in total. The van der Waals surface area contributed by atoms with E-state index in [1.165, 1.54) is 18.2 Å². The quantitative estimate of drug-likeness (QED) is 0.192. The maximum atomic E-state index is 13.8. The zero-order valence-corrected chi connectivity index (χ0v) is 21.1. The van der Waals surface area contributed by atoms with Crippen LogP contribution >= 0.6 is 0 Å². The Hall–Kier alpha value is -3.27. The van der Waals surface area contributed by atoms with Crippen LogP contribution in [0.5, 0.6) is 5.75 Å². The summed E-state index contributed by atoms with van der Waals surface area (Å²) < 4.78 is 0. The zero-order chi connectivity index (χ0) is 25.5. The van der Waals surface area contributed by atoms with E-state index >= 15 is 0 Å². The van der Waals surface area contributed by atoms with E-state index in [0.717, 1.165) is 22.3 Å². The molecule has 1 unspecified atom stereocenters. The number of allylic oxidation sites excluding steroid dienone is 9. The molecule has 0 fully saturated rings. The van der Waals surface area contributed by atoms with Crippen molar-refractivity contribution in [1.29, 1.82) is 0 Å². The monoisotopic (exact) mass is 460 g/mol. The van der Waals surface area contributed by atoms with Crippen LogP contribution < -0.4 is 0 Å². The third-order valence-electron chi connectivity index (χ3n) is 5.94. The van der Waals surface area contributed by atoms with Gasteiger partial charge in [0.25, 0.3) is 0 Å². The first-order chi connectivity index (χ1) is 16.0. The number of hydrogen-bond acceptors (Lipinski definition) is 4. The molecular formula is C30H36O4. The summed E-state index contributed by atoms with van der Waals surface area (Å²) in [5.41, 5.74) is 2.64. The van der Waals surface area contributed by atoms with Crippen LogP contribution in [0.25, 0.3) is 6.08 Å². The molecule has 0 saturated heterocycles. The van der Waals surface area contributed by atoms with Gasteiger partial charge in [0.1, 0.15) is 5.75 Å². The van der Waals surface area contributed by atoms with Crippen molar-refractivity contribution >= 4 is 23.4 Å². The largest absolute Gasteiger partial charge is 0.508 e. The number of phenols is 1. The van der Waals surface area contributed by atoms with Crippen molar-refractivity contribution in [3.63, 3.8) is 0 Å². The summed E-state index contributed by atoms with van der Waals surface area (Å²) in [6, 6.07) is 6.44. The lowest BCUT2D eigenvalue weighted by Crippen LogP contribution is -2.47. The van der Waals surface area contributed by atoms with E-state index in [1.807, 2.05) is 59.8 Å². The fourth-order valence-electron chi connectivity index (χ4n) is 3.88. The summed E-state index contributed by atoms with van der Waals surface area (Å²) in [5, 5.41) is 9.46. The highest BCUT2D eigenvalue weighted by Crippen LogP contribution is 2.42. The predicted molar refractivity (Wildman–Crippen MR) is 138 cm³/mol. The van der Waals surface area contributed by atoms with Crippen LogP contribution in [0.2, 0.25) is 0 Å². The molecule has 0 bridgehead atoms. The first kappa shape index (κ1) is 27.0. The zero-order valence-electron chi connectivity index (χ0n) is 21.1. The molecule has 0 radical (unpaired) electrons. The van der Waals surface area contributed by atoms with Crippen molar-refractivity contribution in [2.75, 3.05) is 0 Å². The second-order valence-electron chi connectivity index (χ2n) is 9.74. The second kappa shape index (κ2) is 11.7. The third-order valence-corrected chi connectivity index (χ3v) is 5.94. The fraction of sp³-hybridized carbons (Fsp3) is 0.367. The first-order valence-corrected chi connectivity index (χ1v) is 11.7. The van der Waals surface area contributed by atoms with Gasteiger partial charge >= 0.3 is 0 Å². The standard InChI is InChI=1S/C30H36O4/c1-20(2)7-11-24-19-26(27(32)14-10-23-8-12-25(31)13-9-23)29(34)30(28(24)33,17-15-21(3)4)18-16-22(5)6/h7-10,12-16,19,24,31H,11,17-18H2,1-6H3. The Morgan fingerprint density at radius 1 is 0.882 bits per heavy atom. The van der Waals surface area contributed by atoms with Gasteiger partial charge < -0.3 is 5.11 Å². The molecule has 34 heavy (non-hydrogen) atoms. The highest BCUT2D eigenvalue weighted by Gasteiger charge is 2.50. The Morgan fingerprint density at radius 3 is 1.91 bits per heavy atom. The highest BCUT2D eigenvalue weighted by atomic mass is 16.3. The number of carbonyl (C=O) groups is 3. The van der Waals surface area contributed by atoms with Crippen molar-refractivity contribution in [1.82, 2.24) is 0 Å². The van der Waals surface area contributed by atoms with Crippen molar-refractivity contribution < 1.29 is 19.5 Å². The lowest BCUT2D eigenvalue weighted by Gasteiger charge is -2.36. The van der Waals surface area contributed by atoms with E-state index < -0.39 is 22.9 Å². The van der Waals surface area contributed by atoms with Gasteiger partial charge in [-0.15, -0.1) is 0 Å². The maximum Gasteiger partial charge on any atom is 0.189 e. The van der Waals surface area contributed by atoms with Crippen molar-refractivity contribution in [3.8, 4) is 5.75 Å². The Kier molecular flexibility index (Phi) is 9.31. The fourth-order valence-corrected chi connectivity index (χ4v) is 3.88. The average Bonchev–Trinajstić information content (AvgIpc) is 2.77. The van der Waals surface area contributed by atoms with Gasteiger partial charge in [0.15, 0.2) is 17.3 Å². The minimum Gasteiger partial charge on any atom is -0.508 e. The number of hydrogen-bond donors (Lipinski definition) is 1. The number of phenolic OH excluding ortho intramolecular Hbond substituents is 1. The van der Waals surface area contributed by atoms with Crippen molar-refractivity contribution in [3.05, 3.63) is 82.5 Å². The molecule has 0 aromatic heterocycles. The normalized spacial score (nSPS) is 17.2. The molecule has 180 valence electrons. The van der Waals surface area contributed by atoms with Gasteiger partial charge in [-0.3, -0.25) is 14.4 Å². The predicted octanol–water partition coefficient (Wildman–Crippen LogP) is 6.72. The van der Waals surface area contributed by atoms with Crippen LogP contribution in [0.3, 0.4) is 0 Å². The third kappa shape index (κ3) is 6.86. The van der Waals surface area contributed by atoms with Crippen LogP contribution in [0, 0.1) is 11.3 Å². The molecule has 4 nitrogen and oxygen atoms in total. The maximum absolute atomic E-state index is 13.8. The molecule has 1 aromatic carbocycles. The number of carbonyl (C=O) groups excluding carboxylic acids is 3. The van der Waals surface area contributed by atoms with Gasteiger partial charge in [0, 0.05) is 5.92 Å². The molecule has 0 saturated carbocycles. The van der Waals surface area contributed by atoms with Crippen LogP contribution in [0.4, 0.5) is 0 Å². The van der Waals surface area contributed by atoms with Gasteiger partial charge in [-0.2, -0.15) is 0 Å². The summed E-state index contributed by atoms with van der Waals surface area (Å²) in [7, 11) is 0. The Morgan fingerprint density at radius 2 is 1.41 bits per heavy atom. The number of ketones is 3. The second-order valence-corrected chi connectivity index (χ2v) is 9.74. The average molecular weight is 461 g/mol. The SMILES string of the molecule is CC(C)=CCC1C=C(C(=O)C=Cc2ccc(O)cc2)C(=O)C(CC=C(C)C)(CC=C(C)C)C1=O. The number of rotatable bonds is 9. The summed E-state index contributed by atoms with van der Waals surface area (Å²) in [5.74, 6) is -1.33. The van der Waals surface area contributed by atoms with Gasteiger partial charge in [0.05, 0.1) is 11.0 Å². The van der Waals surface area contributed by atoms with Crippen molar-refractivity contribution in [2.45, 2.75) is 60.8 Å². The van der Waals surface area contributed by atoms with E-state index in [1.54, 1.807) is 24.3 Å². The molecule has 0 spiro atoms. The summed E-state index contributed by atoms with van der Waals surface area (Å²) in [6.45, 7) is 11.7. The smallest absolute Gasteiger partial charge is 0.189 e. The van der Waals surface area contributed by atoms with Crippen molar-refractivity contribution in [2.24, 2.45) is 11.3 Å². The van der Waals surface area contributed by atoms with Crippen LogP contribution in [-0.2, 0) is 14.4 Å². The van der Waals surface area contributed by atoms with E-state index in [2.05, 4.69) is 0 Å². The minimum atomic E-state index is -1.29. The Labute approximate surface area is 203 Å². The van der Waals surface area contributed by atoms with Gasteiger partial charge in [-0.1, -0.05) is 59.2 Å². The molecule has 0 aliphatic heterocycles. The molecule has 1 aliphatic carbocycles. The molecule has 4 heteroatoms. The molecule has 1 aromatic rings. The Balaban J connectivity index is 2.57. The molecule has 0 heterocycles. The molecule has 2 rings (SSSR count).